The molecule has 0 fully saturated rings. The number of hydrogen-bond acceptors (Lipinski definition) is 4. The average molecular weight is 263 g/mol. The van der Waals surface area contributed by atoms with E-state index in [1.54, 1.807) is 12.4 Å². The van der Waals surface area contributed by atoms with E-state index in [0.29, 0.717) is 6.42 Å². The van der Waals surface area contributed by atoms with E-state index in [0.717, 1.165) is 24.6 Å². The molecular weight excluding hydrogens is 245 g/mol. The second-order valence-electron chi connectivity index (χ2n) is 4.21. The number of aryl methyl sites for hydroxylation is 1. The number of hydrogen-bond donors (Lipinski definition) is 1. The highest BCUT2D eigenvalue weighted by atomic mass is 19.1. The van der Waals surface area contributed by atoms with Crippen LogP contribution in [0.25, 0.3) is 0 Å². The first kappa shape index (κ1) is 13.6. The van der Waals surface area contributed by atoms with Crippen molar-refractivity contribution < 1.29 is 4.39 Å². The highest BCUT2D eigenvalue weighted by Crippen LogP contribution is 2.15. The van der Waals surface area contributed by atoms with Crippen LogP contribution in [-0.4, -0.2) is 26.3 Å². The predicted molar refractivity (Wildman–Crippen MR) is 70.0 cm³/mol. The van der Waals surface area contributed by atoms with E-state index < -0.39 is 0 Å². The van der Waals surface area contributed by atoms with Gasteiger partial charge in [-0.05, 0) is 25.6 Å². The van der Waals surface area contributed by atoms with E-state index in [2.05, 4.69) is 20.4 Å². The Kier molecular flexibility index (Phi) is 4.57. The zero-order valence-corrected chi connectivity index (χ0v) is 11.2. The Balaban J connectivity index is 2.18. The van der Waals surface area contributed by atoms with Crippen molar-refractivity contribution in [3.63, 3.8) is 0 Å². The molecule has 1 N–H and O–H groups in total. The third-order valence-corrected chi connectivity index (χ3v) is 2.94. The minimum absolute atomic E-state index is 0.0140. The number of nitrogens with one attached hydrogen (secondary N) is 1. The molecule has 0 aromatic carbocycles. The quantitative estimate of drug-likeness (QED) is 0.862. The largest absolute Gasteiger partial charge is 0.309 e. The van der Waals surface area contributed by atoms with Gasteiger partial charge in [0.05, 0.1) is 17.9 Å². The molecule has 19 heavy (non-hydrogen) atoms. The van der Waals surface area contributed by atoms with Crippen LogP contribution >= 0.6 is 0 Å². The minimum atomic E-state index is -0.323. The maximum absolute atomic E-state index is 12.9. The third-order valence-electron chi connectivity index (χ3n) is 2.94. The molecule has 2 aromatic heterocycles. The van der Waals surface area contributed by atoms with Crippen LogP contribution in [0.15, 0.2) is 24.7 Å². The molecule has 102 valence electrons. The smallest absolute Gasteiger partial charge is 0.141 e. The van der Waals surface area contributed by atoms with Gasteiger partial charge in [0, 0.05) is 13.0 Å². The van der Waals surface area contributed by atoms with Gasteiger partial charge in [0.1, 0.15) is 18.0 Å². The summed E-state index contributed by atoms with van der Waals surface area (Å²) in [7, 11) is 0. The lowest BCUT2D eigenvalue weighted by molar-refractivity contribution is 0.498. The number of nitrogens with zero attached hydrogens (tertiary/aromatic N) is 4. The topological polar surface area (TPSA) is 55.6 Å². The van der Waals surface area contributed by atoms with Gasteiger partial charge in [-0.3, -0.25) is 9.67 Å². The molecule has 2 heterocycles. The lowest BCUT2D eigenvalue weighted by Crippen LogP contribution is -2.25. The Labute approximate surface area is 111 Å². The van der Waals surface area contributed by atoms with E-state index >= 15 is 0 Å². The second kappa shape index (κ2) is 6.38. The summed E-state index contributed by atoms with van der Waals surface area (Å²) in [4.78, 5) is 8.40. The van der Waals surface area contributed by atoms with Crippen LogP contribution in [0.1, 0.15) is 31.4 Å². The van der Waals surface area contributed by atoms with Gasteiger partial charge in [0.15, 0.2) is 0 Å². The Morgan fingerprint density at radius 3 is 2.79 bits per heavy atom. The number of likely N-dealkylation sites (N-methyl/N-ethyl adjacent to an activating group) is 1. The van der Waals surface area contributed by atoms with E-state index in [1.165, 1.54) is 12.3 Å². The number of pyridine rings is 1. The van der Waals surface area contributed by atoms with Crippen molar-refractivity contribution in [3.05, 3.63) is 42.0 Å². The molecule has 0 saturated heterocycles. The molecule has 6 heteroatoms. The molecule has 2 rings (SSSR count). The molecule has 0 spiro atoms. The summed E-state index contributed by atoms with van der Waals surface area (Å²) in [6, 6.07) is 3.15. The molecule has 0 aliphatic rings. The molecule has 1 unspecified atom stereocenters. The zero-order chi connectivity index (χ0) is 13.7. The highest BCUT2D eigenvalue weighted by molar-refractivity contribution is 5.11. The number of rotatable bonds is 6. The van der Waals surface area contributed by atoms with Crippen molar-refractivity contribution in [3.8, 4) is 0 Å². The van der Waals surface area contributed by atoms with Crippen molar-refractivity contribution in [2.24, 2.45) is 0 Å². The Bertz CT molecular complexity index is 508. The summed E-state index contributed by atoms with van der Waals surface area (Å²) in [5.41, 5.74) is 0.814. The first-order valence-electron chi connectivity index (χ1n) is 6.46. The average Bonchev–Trinajstić information content (AvgIpc) is 2.86. The molecule has 2 aromatic rings. The van der Waals surface area contributed by atoms with Crippen molar-refractivity contribution in [2.45, 2.75) is 32.9 Å². The van der Waals surface area contributed by atoms with Gasteiger partial charge in [-0.2, -0.15) is 5.10 Å². The Morgan fingerprint density at radius 2 is 2.16 bits per heavy atom. The predicted octanol–water partition coefficient (Wildman–Crippen LogP) is 1.73. The monoisotopic (exact) mass is 263 g/mol. The molecule has 0 aliphatic carbocycles. The standard InChI is InChI=1S/C13H18FN5/c1-3-15-12(11-6-5-10(14)8-16-11)7-13-17-9-18-19(13)4-2/h5-6,8-9,12,15H,3-4,7H2,1-2H3. The third kappa shape index (κ3) is 3.35. The summed E-state index contributed by atoms with van der Waals surface area (Å²) < 4.78 is 14.8. The Hall–Kier alpha value is -1.82. The van der Waals surface area contributed by atoms with Crippen molar-refractivity contribution >= 4 is 0 Å². The van der Waals surface area contributed by atoms with Crippen LogP contribution < -0.4 is 5.32 Å². The van der Waals surface area contributed by atoms with Gasteiger partial charge in [-0.15, -0.1) is 0 Å². The molecule has 5 nitrogen and oxygen atoms in total. The SMILES string of the molecule is CCNC(Cc1ncnn1CC)c1ccc(F)cn1. The fraction of sp³-hybridized carbons (Fsp3) is 0.462. The van der Waals surface area contributed by atoms with Gasteiger partial charge in [-0.25, -0.2) is 9.37 Å². The fourth-order valence-corrected chi connectivity index (χ4v) is 2.01. The molecule has 0 radical (unpaired) electrons. The lowest BCUT2D eigenvalue weighted by atomic mass is 10.1. The highest BCUT2D eigenvalue weighted by Gasteiger charge is 2.16. The maximum Gasteiger partial charge on any atom is 0.141 e. The Morgan fingerprint density at radius 1 is 1.32 bits per heavy atom. The fourth-order valence-electron chi connectivity index (χ4n) is 2.01. The van der Waals surface area contributed by atoms with Crippen molar-refractivity contribution in [1.29, 1.82) is 0 Å². The van der Waals surface area contributed by atoms with Crippen LogP contribution in [0.3, 0.4) is 0 Å². The van der Waals surface area contributed by atoms with Crippen LogP contribution in [0.4, 0.5) is 4.39 Å². The van der Waals surface area contributed by atoms with Gasteiger partial charge in [-0.1, -0.05) is 6.92 Å². The zero-order valence-electron chi connectivity index (χ0n) is 11.2. The summed E-state index contributed by atoms with van der Waals surface area (Å²) in [6.45, 7) is 5.65. The van der Waals surface area contributed by atoms with Gasteiger partial charge >= 0.3 is 0 Å². The summed E-state index contributed by atoms with van der Waals surface area (Å²) >= 11 is 0. The summed E-state index contributed by atoms with van der Waals surface area (Å²) in [5, 5.41) is 7.49. The molecule has 0 bridgehead atoms. The van der Waals surface area contributed by atoms with E-state index in [-0.39, 0.29) is 11.9 Å². The van der Waals surface area contributed by atoms with Crippen LogP contribution in [0, 0.1) is 5.82 Å². The van der Waals surface area contributed by atoms with Gasteiger partial charge in [0.25, 0.3) is 0 Å². The molecule has 0 aliphatic heterocycles. The minimum Gasteiger partial charge on any atom is -0.309 e. The number of halogens is 1. The molecule has 0 amide bonds. The summed E-state index contributed by atoms with van der Waals surface area (Å²) in [5.74, 6) is 0.579. The lowest BCUT2D eigenvalue weighted by Gasteiger charge is -2.17. The van der Waals surface area contributed by atoms with Crippen LogP contribution in [0.5, 0.6) is 0 Å². The van der Waals surface area contributed by atoms with E-state index in [9.17, 15) is 4.39 Å². The molecule has 1 atom stereocenters. The van der Waals surface area contributed by atoms with Crippen molar-refractivity contribution in [2.75, 3.05) is 6.54 Å². The summed E-state index contributed by atoms with van der Waals surface area (Å²) in [6.07, 6.45) is 3.48. The first-order chi connectivity index (χ1) is 9.24. The maximum atomic E-state index is 12.9. The second-order valence-corrected chi connectivity index (χ2v) is 4.21. The van der Waals surface area contributed by atoms with Crippen LogP contribution in [-0.2, 0) is 13.0 Å². The van der Waals surface area contributed by atoms with E-state index in [4.69, 9.17) is 0 Å². The first-order valence-corrected chi connectivity index (χ1v) is 6.46. The molecule has 0 saturated carbocycles. The number of aromatic nitrogens is 4. The van der Waals surface area contributed by atoms with Gasteiger partial charge < -0.3 is 5.32 Å². The normalized spacial score (nSPS) is 12.6. The van der Waals surface area contributed by atoms with E-state index in [1.807, 2.05) is 18.5 Å². The molecular formula is C13H18FN5. The van der Waals surface area contributed by atoms with Crippen molar-refractivity contribution in [1.82, 2.24) is 25.1 Å². The van der Waals surface area contributed by atoms with Crippen LogP contribution in [0.2, 0.25) is 0 Å². The van der Waals surface area contributed by atoms with Gasteiger partial charge in [0.2, 0.25) is 0 Å².